The highest BCUT2D eigenvalue weighted by molar-refractivity contribution is 6.24. The average molecular weight is 222 g/mol. The van der Waals surface area contributed by atoms with E-state index >= 15 is 0 Å². The van der Waals surface area contributed by atoms with Crippen LogP contribution in [-0.2, 0) is 4.79 Å². The van der Waals surface area contributed by atoms with Gasteiger partial charge in [0.05, 0.1) is 5.71 Å². The van der Waals surface area contributed by atoms with Crippen molar-refractivity contribution < 1.29 is 4.79 Å². The number of hydrogen-bond donors (Lipinski definition) is 0. The Morgan fingerprint density at radius 1 is 1.00 bits per heavy atom. The van der Waals surface area contributed by atoms with Crippen molar-refractivity contribution in [3.63, 3.8) is 0 Å². The Balaban J connectivity index is 2.04. The van der Waals surface area contributed by atoms with Crippen LogP contribution >= 0.6 is 0 Å². The zero-order valence-corrected chi connectivity index (χ0v) is 9.08. The number of fused-ring (bicyclic) bond motifs is 1. The van der Waals surface area contributed by atoms with E-state index in [9.17, 15) is 4.79 Å². The van der Waals surface area contributed by atoms with Gasteiger partial charge in [0.25, 0.3) is 5.91 Å². The van der Waals surface area contributed by atoms with E-state index in [1.165, 1.54) is 0 Å². The lowest BCUT2D eigenvalue weighted by molar-refractivity contribution is -0.118. The second-order valence-electron chi connectivity index (χ2n) is 3.90. The summed E-state index contributed by atoms with van der Waals surface area (Å²) < 4.78 is 0. The van der Waals surface area contributed by atoms with Gasteiger partial charge in [0.2, 0.25) is 0 Å². The molecule has 1 amide bonds. The van der Waals surface area contributed by atoms with Gasteiger partial charge >= 0.3 is 0 Å². The maximum atomic E-state index is 11.9. The third-order valence-corrected chi connectivity index (χ3v) is 2.75. The summed E-state index contributed by atoms with van der Waals surface area (Å²) in [5.74, 6) is 0.0590. The van der Waals surface area contributed by atoms with Crippen LogP contribution in [0.2, 0.25) is 0 Å². The van der Waals surface area contributed by atoms with Crippen molar-refractivity contribution in [2.75, 3.05) is 0 Å². The maximum absolute atomic E-state index is 11.9. The minimum absolute atomic E-state index is 0.144. The van der Waals surface area contributed by atoms with Crippen LogP contribution in [0.4, 0.5) is 0 Å². The molecule has 1 aromatic rings. The molecule has 1 unspecified atom stereocenters. The van der Waals surface area contributed by atoms with Crippen LogP contribution in [0.25, 0.3) is 0 Å². The first-order valence-electron chi connectivity index (χ1n) is 5.46. The molecule has 0 fully saturated rings. The van der Waals surface area contributed by atoms with Crippen LogP contribution in [0, 0.1) is 5.92 Å². The van der Waals surface area contributed by atoms with E-state index in [1.54, 1.807) is 0 Å². The molecule has 3 rings (SSSR count). The molecule has 1 heterocycles. The van der Waals surface area contributed by atoms with Crippen LogP contribution < -0.4 is 0 Å². The van der Waals surface area contributed by atoms with Crippen LogP contribution in [-0.4, -0.2) is 17.5 Å². The van der Waals surface area contributed by atoms with Crippen molar-refractivity contribution in [3.05, 3.63) is 60.2 Å². The molecule has 0 N–H and O–H groups in total. The number of hydrogen-bond acceptors (Lipinski definition) is 2. The van der Waals surface area contributed by atoms with Gasteiger partial charge in [0.15, 0.2) is 5.84 Å². The van der Waals surface area contributed by atoms with Gasteiger partial charge in [-0.1, -0.05) is 48.6 Å². The fraction of sp³-hybridized carbons (Fsp3) is 0.0714. The molecule has 1 atom stereocenters. The molecular weight excluding hydrogens is 212 g/mol. The molecule has 82 valence electrons. The topological polar surface area (TPSA) is 41.8 Å². The number of carbonyl (C=O) groups excluding carboxylic acids is 1. The minimum Gasteiger partial charge on any atom is -0.271 e. The largest absolute Gasteiger partial charge is 0.271 e. The van der Waals surface area contributed by atoms with Crippen molar-refractivity contribution in [3.8, 4) is 0 Å². The fourth-order valence-electron chi connectivity index (χ4n) is 1.88. The third kappa shape index (κ3) is 1.76. The molecule has 2 aliphatic rings. The van der Waals surface area contributed by atoms with E-state index in [0.717, 1.165) is 11.3 Å². The number of benzene rings is 1. The summed E-state index contributed by atoms with van der Waals surface area (Å²) in [7, 11) is 0. The lowest BCUT2D eigenvalue weighted by Gasteiger charge is -2.17. The highest BCUT2D eigenvalue weighted by Gasteiger charge is 2.26. The molecule has 3 heteroatoms. The van der Waals surface area contributed by atoms with Crippen molar-refractivity contribution in [2.24, 2.45) is 15.9 Å². The van der Waals surface area contributed by atoms with Crippen molar-refractivity contribution in [1.82, 2.24) is 0 Å². The van der Waals surface area contributed by atoms with Crippen molar-refractivity contribution in [2.45, 2.75) is 0 Å². The molecular formula is C14H10N2O. The van der Waals surface area contributed by atoms with Gasteiger partial charge in [-0.05, 0) is 6.08 Å². The molecule has 0 radical (unpaired) electrons. The van der Waals surface area contributed by atoms with Gasteiger partial charge in [0.1, 0.15) is 5.92 Å². The summed E-state index contributed by atoms with van der Waals surface area (Å²) >= 11 is 0. The Hall–Kier alpha value is -2.29. The Bertz CT molecular complexity index is 579. The molecule has 0 saturated heterocycles. The normalized spacial score (nSPS) is 21.9. The number of amides is 1. The molecule has 3 nitrogen and oxygen atoms in total. The van der Waals surface area contributed by atoms with E-state index in [-0.39, 0.29) is 11.8 Å². The molecule has 1 aromatic carbocycles. The molecule has 0 saturated carbocycles. The van der Waals surface area contributed by atoms with Crippen molar-refractivity contribution >= 4 is 17.5 Å². The van der Waals surface area contributed by atoms with Gasteiger partial charge in [-0.2, -0.15) is 4.99 Å². The number of amidine groups is 1. The van der Waals surface area contributed by atoms with E-state index in [0.29, 0.717) is 5.84 Å². The Morgan fingerprint density at radius 2 is 1.82 bits per heavy atom. The molecule has 1 aliphatic heterocycles. The summed E-state index contributed by atoms with van der Waals surface area (Å²) in [6, 6.07) is 9.54. The summed E-state index contributed by atoms with van der Waals surface area (Å²) in [6.07, 6.45) is 7.42. The monoisotopic (exact) mass is 222 g/mol. The van der Waals surface area contributed by atoms with Crippen molar-refractivity contribution in [1.29, 1.82) is 0 Å². The second-order valence-corrected chi connectivity index (χ2v) is 3.90. The van der Waals surface area contributed by atoms with Gasteiger partial charge in [-0.3, -0.25) is 4.79 Å². The Kier molecular flexibility index (Phi) is 2.29. The minimum atomic E-state index is -0.299. The molecule has 17 heavy (non-hydrogen) atoms. The van der Waals surface area contributed by atoms with Gasteiger partial charge in [-0.25, -0.2) is 4.99 Å². The van der Waals surface area contributed by atoms with Gasteiger partial charge < -0.3 is 0 Å². The zero-order chi connectivity index (χ0) is 11.7. The number of allylic oxidation sites excluding steroid dienone is 3. The van der Waals surface area contributed by atoms with Crippen LogP contribution in [0.1, 0.15) is 5.56 Å². The van der Waals surface area contributed by atoms with Gasteiger partial charge in [0, 0.05) is 5.56 Å². The average Bonchev–Trinajstić information content (AvgIpc) is 2.40. The molecule has 0 aromatic heterocycles. The van der Waals surface area contributed by atoms with Crippen LogP contribution in [0.15, 0.2) is 64.6 Å². The van der Waals surface area contributed by atoms with Crippen LogP contribution in [0.3, 0.4) is 0 Å². The third-order valence-electron chi connectivity index (χ3n) is 2.75. The molecule has 1 aliphatic carbocycles. The standard InChI is InChI=1S/C14H10N2O/c17-14-11-8-4-5-9-12(11)15-13(16-14)10-6-2-1-3-7-10/h1-9,11H. The van der Waals surface area contributed by atoms with Gasteiger partial charge in [-0.15, -0.1) is 0 Å². The second kappa shape index (κ2) is 3.94. The van der Waals surface area contributed by atoms with E-state index in [1.807, 2.05) is 54.6 Å². The van der Waals surface area contributed by atoms with E-state index in [4.69, 9.17) is 0 Å². The predicted molar refractivity (Wildman–Crippen MR) is 67.2 cm³/mol. The summed E-state index contributed by atoms with van der Waals surface area (Å²) in [6.45, 7) is 0. The molecule has 0 spiro atoms. The highest BCUT2D eigenvalue weighted by Crippen LogP contribution is 2.18. The number of nitrogens with zero attached hydrogens (tertiary/aromatic N) is 2. The quantitative estimate of drug-likeness (QED) is 0.717. The lowest BCUT2D eigenvalue weighted by atomic mass is 9.96. The number of rotatable bonds is 1. The first kappa shape index (κ1) is 9.90. The van der Waals surface area contributed by atoms with E-state index in [2.05, 4.69) is 9.98 Å². The summed E-state index contributed by atoms with van der Waals surface area (Å²) in [5.41, 5.74) is 1.64. The first-order chi connectivity index (χ1) is 8.34. The lowest BCUT2D eigenvalue weighted by Crippen LogP contribution is -2.27. The summed E-state index contributed by atoms with van der Waals surface area (Å²) in [4.78, 5) is 20.3. The van der Waals surface area contributed by atoms with E-state index < -0.39 is 0 Å². The summed E-state index contributed by atoms with van der Waals surface area (Å²) in [5, 5.41) is 0. The Morgan fingerprint density at radius 3 is 2.65 bits per heavy atom. The first-order valence-corrected chi connectivity index (χ1v) is 5.46. The Labute approximate surface area is 98.9 Å². The smallest absolute Gasteiger partial charge is 0.260 e. The molecule has 0 bridgehead atoms. The maximum Gasteiger partial charge on any atom is 0.260 e. The highest BCUT2D eigenvalue weighted by atomic mass is 16.1. The SMILES string of the molecule is O=C1N=C(c2ccccc2)N=C2C=CC=CC12. The zero-order valence-electron chi connectivity index (χ0n) is 9.08. The van der Waals surface area contributed by atoms with Crippen LogP contribution in [0.5, 0.6) is 0 Å². The number of carbonyl (C=O) groups is 1. The fourth-order valence-corrected chi connectivity index (χ4v) is 1.88. The number of aliphatic imine (C=N–C) groups is 2. The predicted octanol–water partition coefficient (Wildman–Crippen LogP) is 2.16.